The van der Waals surface area contributed by atoms with Crippen LogP contribution >= 0.6 is 0 Å². The maximum absolute atomic E-state index is 13.2. The van der Waals surface area contributed by atoms with E-state index in [4.69, 9.17) is 0 Å². The van der Waals surface area contributed by atoms with E-state index in [-0.39, 0.29) is 29.8 Å². The van der Waals surface area contributed by atoms with Gasteiger partial charge in [-0.3, -0.25) is 4.79 Å². The van der Waals surface area contributed by atoms with Crippen molar-refractivity contribution in [1.29, 1.82) is 0 Å². The fourth-order valence-corrected chi connectivity index (χ4v) is 4.10. The molecule has 1 saturated heterocycles. The lowest BCUT2D eigenvalue weighted by Gasteiger charge is -2.18. The van der Waals surface area contributed by atoms with Gasteiger partial charge in [0.1, 0.15) is 0 Å². The normalized spacial score (nSPS) is 16.9. The quantitative estimate of drug-likeness (QED) is 0.736. The molecular weight excluding hydrogens is 388 g/mol. The third kappa shape index (κ3) is 5.05. The highest BCUT2D eigenvalue weighted by Crippen LogP contribution is 2.17. The minimum atomic E-state index is -4.01. The Bertz CT molecular complexity index is 939. The molecule has 1 fully saturated rings. The lowest BCUT2D eigenvalue weighted by Crippen LogP contribution is -2.34. The zero-order chi connectivity index (χ0) is 20.1. The first-order chi connectivity index (χ1) is 13.3. The van der Waals surface area contributed by atoms with Gasteiger partial charge in [-0.1, -0.05) is 18.2 Å². The van der Waals surface area contributed by atoms with E-state index in [1.54, 1.807) is 4.90 Å². The molecule has 1 amide bonds. The smallest absolute Gasteiger partial charge is 0.240 e. The van der Waals surface area contributed by atoms with E-state index in [2.05, 4.69) is 10.0 Å². The number of amides is 1. The summed E-state index contributed by atoms with van der Waals surface area (Å²) in [5, 5.41) is 3.37. The van der Waals surface area contributed by atoms with Gasteiger partial charge in [-0.15, -0.1) is 0 Å². The Morgan fingerprint density at radius 3 is 2.57 bits per heavy atom. The Kier molecular flexibility index (Phi) is 6.25. The number of likely N-dealkylation sites (tertiary alicyclic amines) is 1. The monoisotopic (exact) mass is 409 g/mol. The summed E-state index contributed by atoms with van der Waals surface area (Å²) in [6.07, 6.45) is 0.794. The summed E-state index contributed by atoms with van der Waals surface area (Å²) >= 11 is 0. The van der Waals surface area contributed by atoms with E-state index in [0.717, 1.165) is 24.2 Å². The first-order valence-electron chi connectivity index (χ1n) is 8.89. The second kappa shape index (κ2) is 8.66. The number of nitrogens with zero attached hydrogens (tertiary/aromatic N) is 1. The Labute approximate surface area is 162 Å². The minimum Gasteiger partial charge on any atom is -0.380 e. The number of anilines is 1. The molecule has 0 aromatic heterocycles. The molecule has 0 aliphatic carbocycles. The fraction of sp³-hybridized carbons (Fsp3) is 0.316. The third-order valence-electron chi connectivity index (χ3n) is 4.52. The van der Waals surface area contributed by atoms with Gasteiger partial charge in [0, 0.05) is 37.8 Å². The second-order valence-corrected chi connectivity index (χ2v) is 8.33. The zero-order valence-electron chi connectivity index (χ0n) is 15.1. The number of nitrogens with one attached hydrogen (secondary N) is 2. The summed E-state index contributed by atoms with van der Waals surface area (Å²) in [7, 11) is -4.01. The molecule has 3 rings (SSSR count). The van der Waals surface area contributed by atoms with Crippen molar-refractivity contribution in [3.05, 3.63) is 60.2 Å². The second-order valence-electron chi connectivity index (χ2n) is 6.56. The van der Waals surface area contributed by atoms with Gasteiger partial charge in [0.2, 0.25) is 15.9 Å². The molecule has 1 atom stereocenters. The highest BCUT2D eigenvalue weighted by Gasteiger charge is 2.26. The van der Waals surface area contributed by atoms with Crippen molar-refractivity contribution in [2.45, 2.75) is 23.8 Å². The van der Waals surface area contributed by atoms with Gasteiger partial charge in [-0.2, -0.15) is 0 Å². The van der Waals surface area contributed by atoms with Crippen molar-refractivity contribution >= 4 is 21.6 Å². The minimum absolute atomic E-state index is 0.0129. The topological polar surface area (TPSA) is 78.5 Å². The van der Waals surface area contributed by atoms with Crippen molar-refractivity contribution in [2.24, 2.45) is 0 Å². The van der Waals surface area contributed by atoms with Crippen molar-refractivity contribution in [3.8, 4) is 0 Å². The lowest BCUT2D eigenvalue weighted by atomic mass is 10.2. The van der Waals surface area contributed by atoms with Crippen LogP contribution in [0.2, 0.25) is 0 Å². The molecule has 6 nitrogen and oxygen atoms in total. The van der Waals surface area contributed by atoms with Crippen LogP contribution in [-0.4, -0.2) is 44.9 Å². The summed E-state index contributed by atoms with van der Waals surface area (Å²) in [6, 6.07) is 12.2. The maximum atomic E-state index is 13.2. The standard InChI is InChI=1S/C19H21F2N3O3S/c20-17-7-6-16(12-18(17)21)28(26,27)22-10-8-19(25)24-11-9-15(13-24)23-14-4-2-1-3-5-14/h1-7,12,15,22-23H,8-11,13H2. The zero-order valence-corrected chi connectivity index (χ0v) is 15.9. The average Bonchev–Trinajstić information content (AvgIpc) is 3.13. The highest BCUT2D eigenvalue weighted by molar-refractivity contribution is 7.89. The molecule has 9 heteroatoms. The third-order valence-corrected chi connectivity index (χ3v) is 5.98. The number of hydrogen-bond donors (Lipinski definition) is 2. The van der Waals surface area contributed by atoms with E-state index >= 15 is 0 Å². The van der Waals surface area contributed by atoms with Gasteiger partial charge in [0.05, 0.1) is 4.90 Å². The van der Waals surface area contributed by atoms with Crippen molar-refractivity contribution < 1.29 is 22.0 Å². The lowest BCUT2D eigenvalue weighted by molar-refractivity contribution is -0.129. The Morgan fingerprint density at radius 2 is 1.86 bits per heavy atom. The predicted octanol–water partition coefficient (Wildman–Crippen LogP) is 2.35. The van der Waals surface area contributed by atoms with Gasteiger partial charge in [0.15, 0.2) is 11.6 Å². The van der Waals surface area contributed by atoms with E-state index in [0.29, 0.717) is 19.2 Å². The summed E-state index contributed by atoms with van der Waals surface area (Å²) < 4.78 is 52.6. The Balaban J connectivity index is 1.47. The molecule has 150 valence electrons. The van der Waals surface area contributed by atoms with E-state index < -0.39 is 21.7 Å². The number of carbonyl (C=O) groups excluding carboxylic acids is 1. The molecule has 28 heavy (non-hydrogen) atoms. The molecule has 2 N–H and O–H groups in total. The first kappa shape index (κ1) is 20.2. The van der Waals surface area contributed by atoms with E-state index in [1.165, 1.54) is 0 Å². The van der Waals surface area contributed by atoms with Crippen LogP contribution in [0.3, 0.4) is 0 Å². The average molecular weight is 409 g/mol. The van der Waals surface area contributed by atoms with Crippen LogP contribution in [0.25, 0.3) is 0 Å². The Morgan fingerprint density at radius 1 is 1.11 bits per heavy atom. The molecule has 0 saturated carbocycles. The molecule has 1 heterocycles. The van der Waals surface area contributed by atoms with E-state index in [9.17, 15) is 22.0 Å². The summed E-state index contributed by atoms with van der Waals surface area (Å²) in [5.74, 6) is -2.53. The van der Waals surface area contributed by atoms with Gasteiger partial charge in [0.25, 0.3) is 0 Å². The van der Waals surface area contributed by atoms with Gasteiger partial charge < -0.3 is 10.2 Å². The molecule has 0 bridgehead atoms. The van der Waals surface area contributed by atoms with Crippen LogP contribution in [0.15, 0.2) is 53.4 Å². The highest BCUT2D eigenvalue weighted by atomic mass is 32.2. The molecule has 2 aromatic carbocycles. The number of hydrogen-bond acceptors (Lipinski definition) is 4. The number of benzene rings is 2. The van der Waals surface area contributed by atoms with Gasteiger partial charge in [-0.05, 0) is 36.8 Å². The SMILES string of the molecule is O=C(CCNS(=O)(=O)c1ccc(F)c(F)c1)N1CCC(Nc2ccccc2)C1. The van der Waals surface area contributed by atoms with Crippen LogP contribution < -0.4 is 10.0 Å². The van der Waals surface area contributed by atoms with Crippen molar-refractivity contribution in [1.82, 2.24) is 9.62 Å². The van der Waals surface area contributed by atoms with Crippen LogP contribution in [0.5, 0.6) is 0 Å². The molecule has 1 unspecified atom stereocenters. The van der Waals surface area contributed by atoms with Gasteiger partial charge in [-0.25, -0.2) is 21.9 Å². The van der Waals surface area contributed by atoms with Crippen LogP contribution in [0.1, 0.15) is 12.8 Å². The molecule has 2 aromatic rings. The maximum Gasteiger partial charge on any atom is 0.240 e. The van der Waals surface area contributed by atoms with Crippen LogP contribution in [0, 0.1) is 11.6 Å². The largest absolute Gasteiger partial charge is 0.380 e. The molecule has 1 aliphatic heterocycles. The number of sulfonamides is 1. The predicted molar refractivity (Wildman–Crippen MR) is 101 cm³/mol. The summed E-state index contributed by atoms with van der Waals surface area (Å²) in [6.45, 7) is 1.02. The molecule has 0 spiro atoms. The van der Waals surface area contributed by atoms with Crippen LogP contribution in [-0.2, 0) is 14.8 Å². The molecular formula is C19H21F2N3O3S. The fourth-order valence-electron chi connectivity index (χ4n) is 3.05. The summed E-state index contributed by atoms with van der Waals surface area (Å²) in [4.78, 5) is 13.6. The number of halogens is 2. The van der Waals surface area contributed by atoms with E-state index in [1.807, 2.05) is 30.3 Å². The first-order valence-corrected chi connectivity index (χ1v) is 10.4. The number of rotatable bonds is 7. The summed E-state index contributed by atoms with van der Waals surface area (Å²) in [5.41, 5.74) is 0.987. The van der Waals surface area contributed by atoms with Gasteiger partial charge >= 0.3 is 0 Å². The van der Waals surface area contributed by atoms with Crippen molar-refractivity contribution in [3.63, 3.8) is 0 Å². The van der Waals surface area contributed by atoms with Crippen LogP contribution in [0.4, 0.5) is 14.5 Å². The Hall–Kier alpha value is -2.52. The van der Waals surface area contributed by atoms with Crippen molar-refractivity contribution in [2.75, 3.05) is 25.0 Å². The number of para-hydroxylation sites is 1. The molecule has 0 radical (unpaired) electrons. The number of carbonyl (C=O) groups is 1. The molecule has 1 aliphatic rings.